The van der Waals surface area contributed by atoms with Crippen molar-refractivity contribution in [3.8, 4) is 0 Å². The van der Waals surface area contributed by atoms with E-state index in [0.717, 1.165) is 51.4 Å². The van der Waals surface area contributed by atoms with Gasteiger partial charge in [0, 0.05) is 12.8 Å². The lowest BCUT2D eigenvalue weighted by Gasteiger charge is -2.18. The zero-order valence-corrected chi connectivity index (χ0v) is 26.5. The summed E-state index contributed by atoms with van der Waals surface area (Å²) >= 11 is 0. The Morgan fingerprint density at radius 2 is 0.769 bits per heavy atom. The summed E-state index contributed by atoms with van der Waals surface area (Å²) < 4.78 is 5.98. The van der Waals surface area contributed by atoms with Crippen LogP contribution in [0.5, 0.6) is 0 Å². The summed E-state index contributed by atoms with van der Waals surface area (Å²) in [5, 5.41) is 8.72. The highest BCUT2D eigenvalue weighted by Crippen LogP contribution is 2.19. The van der Waals surface area contributed by atoms with Gasteiger partial charge < -0.3 is 9.84 Å². The molecule has 4 heteroatoms. The van der Waals surface area contributed by atoms with Gasteiger partial charge in [-0.1, -0.05) is 155 Å². The number of esters is 1. The number of hydrogen-bond acceptors (Lipinski definition) is 3. The molecule has 0 amide bonds. The van der Waals surface area contributed by atoms with Crippen LogP contribution in [0.4, 0.5) is 0 Å². The molecule has 1 atom stereocenters. The van der Waals surface area contributed by atoms with Crippen molar-refractivity contribution in [1.82, 2.24) is 0 Å². The Bertz CT molecular complexity index is 519. The number of carboxylic acid groups (broad SMARTS) is 1. The maximum atomic E-state index is 12.6. The second-order valence-electron chi connectivity index (χ2n) is 12.1. The maximum absolute atomic E-state index is 12.6. The van der Waals surface area contributed by atoms with Crippen molar-refractivity contribution >= 4 is 11.9 Å². The molecule has 0 radical (unpaired) electrons. The van der Waals surface area contributed by atoms with Gasteiger partial charge in [-0.15, -0.1) is 0 Å². The van der Waals surface area contributed by atoms with Crippen molar-refractivity contribution in [2.24, 2.45) is 0 Å². The number of rotatable bonds is 32. The second kappa shape index (κ2) is 31.5. The van der Waals surface area contributed by atoms with Gasteiger partial charge in [0.15, 0.2) is 0 Å². The van der Waals surface area contributed by atoms with Crippen molar-refractivity contribution in [3.63, 3.8) is 0 Å². The first-order valence-electron chi connectivity index (χ1n) is 17.5. The summed E-state index contributed by atoms with van der Waals surface area (Å²) in [6.45, 7) is 4.53. The van der Waals surface area contributed by atoms with Crippen molar-refractivity contribution in [2.75, 3.05) is 0 Å². The first-order chi connectivity index (χ1) is 19.1. The van der Waals surface area contributed by atoms with E-state index in [1.807, 2.05) is 0 Å². The summed E-state index contributed by atoms with van der Waals surface area (Å²) in [6, 6.07) is 0. The molecule has 0 rings (SSSR count). The maximum Gasteiger partial charge on any atom is 0.306 e. The lowest BCUT2D eigenvalue weighted by Crippen LogP contribution is -2.18. The molecule has 1 N–H and O–H groups in total. The minimum absolute atomic E-state index is 0.0217. The zero-order chi connectivity index (χ0) is 28.7. The van der Waals surface area contributed by atoms with Crippen molar-refractivity contribution < 1.29 is 19.4 Å². The Labute approximate surface area is 243 Å². The molecule has 0 aliphatic carbocycles. The van der Waals surface area contributed by atoms with Crippen molar-refractivity contribution in [1.29, 1.82) is 0 Å². The van der Waals surface area contributed by atoms with Gasteiger partial charge in [-0.05, 0) is 38.5 Å². The molecular weight excluding hydrogens is 484 g/mol. The van der Waals surface area contributed by atoms with Gasteiger partial charge in [0.2, 0.25) is 0 Å². The fourth-order valence-corrected chi connectivity index (χ4v) is 5.48. The normalized spacial score (nSPS) is 12.1. The number of ether oxygens (including phenoxy) is 1. The number of carbonyl (C=O) groups excluding carboxylic acids is 1. The standard InChI is InChI=1S/C35H68O4/c1-3-5-7-9-11-12-13-14-15-20-24-28-32-35(38)39-33(29-25-21-17-10-8-6-4-2)30-26-22-18-16-19-23-27-31-34(36)37/h33H,3-32H2,1-2H3,(H,36,37). The van der Waals surface area contributed by atoms with E-state index in [0.29, 0.717) is 12.8 Å². The van der Waals surface area contributed by atoms with Crippen LogP contribution in [-0.4, -0.2) is 23.1 Å². The quantitative estimate of drug-likeness (QED) is 0.0665. The van der Waals surface area contributed by atoms with Crippen LogP contribution in [0.1, 0.15) is 206 Å². The van der Waals surface area contributed by atoms with Gasteiger partial charge in [0.05, 0.1) is 0 Å². The molecular formula is C35H68O4. The summed E-state index contributed by atoms with van der Waals surface area (Å²) in [7, 11) is 0. The average Bonchev–Trinajstić information content (AvgIpc) is 2.91. The summed E-state index contributed by atoms with van der Waals surface area (Å²) in [4.78, 5) is 23.2. The first-order valence-corrected chi connectivity index (χ1v) is 17.5. The molecule has 0 saturated heterocycles. The predicted octanol–water partition coefficient (Wildman–Crippen LogP) is 11.7. The Hall–Kier alpha value is -1.06. The Kier molecular flexibility index (Phi) is 30.6. The molecule has 232 valence electrons. The molecule has 1 unspecified atom stereocenters. The van der Waals surface area contributed by atoms with Crippen molar-refractivity contribution in [3.05, 3.63) is 0 Å². The van der Waals surface area contributed by atoms with Crippen LogP contribution in [0.3, 0.4) is 0 Å². The molecule has 0 aromatic rings. The smallest absolute Gasteiger partial charge is 0.306 e. The van der Waals surface area contributed by atoms with E-state index in [-0.39, 0.29) is 12.1 Å². The highest BCUT2D eigenvalue weighted by molar-refractivity contribution is 5.69. The van der Waals surface area contributed by atoms with Crippen LogP contribution in [0.2, 0.25) is 0 Å². The summed E-state index contributed by atoms with van der Waals surface area (Å²) in [5.41, 5.74) is 0. The predicted molar refractivity (Wildman–Crippen MR) is 167 cm³/mol. The van der Waals surface area contributed by atoms with Crippen LogP contribution in [0.25, 0.3) is 0 Å². The van der Waals surface area contributed by atoms with Gasteiger partial charge in [-0.3, -0.25) is 9.59 Å². The molecule has 0 spiro atoms. The number of aliphatic carboxylic acids is 1. The highest BCUT2D eigenvalue weighted by Gasteiger charge is 2.14. The molecule has 4 nitrogen and oxygen atoms in total. The molecule has 0 aliphatic rings. The third-order valence-corrected chi connectivity index (χ3v) is 8.08. The Balaban J connectivity index is 3.98. The van der Waals surface area contributed by atoms with E-state index >= 15 is 0 Å². The topological polar surface area (TPSA) is 63.6 Å². The molecule has 0 bridgehead atoms. The van der Waals surface area contributed by atoms with Gasteiger partial charge in [0.1, 0.15) is 6.10 Å². The third-order valence-electron chi connectivity index (χ3n) is 8.08. The molecule has 0 fully saturated rings. The summed E-state index contributed by atoms with van der Waals surface area (Å²) in [6.07, 6.45) is 35.4. The van der Waals surface area contributed by atoms with Gasteiger partial charge in [0.25, 0.3) is 0 Å². The van der Waals surface area contributed by atoms with Gasteiger partial charge in [-0.25, -0.2) is 0 Å². The van der Waals surface area contributed by atoms with E-state index in [1.165, 1.54) is 128 Å². The first kappa shape index (κ1) is 37.9. The van der Waals surface area contributed by atoms with E-state index in [4.69, 9.17) is 9.84 Å². The average molecular weight is 553 g/mol. The van der Waals surface area contributed by atoms with E-state index in [9.17, 15) is 9.59 Å². The fraction of sp³-hybridized carbons (Fsp3) is 0.943. The number of unbranched alkanes of at least 4 members (excludes halogenated alkanes) is 23. The van der Waals surface area contributed by atoms with Crippen LogP contribution in [0, 0.1) is 0 Å². The number of carbonyl (C=O) groups is 2. The van der Waals surface area contributed by atoms with Crippen LogP contribution in [0.15, 0.2) is 0 Å². The molecule has 39 heavy (non-hydrogen) atoms. The lowest BCUT2D eigenvalue weighted by atomic mass is 10.0. The molecule has 0 heterocycles. The SMILES string of the molecule is CCCCCCCCCCCCCCC(=O)OC(CCCCCCCCC)CCCCCCCCCC(=O)O. The zero-order valence-electron chi connectivity index (χ0n) is 26.5. The van der Waals surface area contributed by atoms with Crippen LogP contribution >= 0.6 is 0 Å². The molecule has 0 aromatic carbocycles. The minimum Gasteiger partial charge on any atom is -0.481 e. The monoisotopic (exact) mass is 553 g/mol. The third kappa shape index (κ3) is 31.3. The molecule has 0 aromatic heterocycles. The Morgan fingerprint density at radius 3 is 1.13 bits per heavy atom. The number of hydrogen-bond donors (Lipinski definition) is 1. The number of carboxylic acids is 1. The van der Waals surface area contributed by atoms with Gasteiger partial charge in [-0.2, -0.15) is 0 Å². The van der Waals surface area contributed by atoms with Crippen molar-refractivity contribution in [2.45, 2.75) is 213 Å². The Morgan fingerprint density at radius 1 is 0.462 bits per heavy atom. The molecule has 0 aliphatic heterocycles. The fourth-order valence-electron chi connectivity index (χ4n) is 5.48. The van der Waals surface area contributed by atoms with E-state index in [2.05, 4.69) is 13.8 Å². The van der Waals surface area contributed by atoms with E-state index in [1.54, 1.807) is 0 Å². The van der Waals surface area contributed by atoms with Gasteiger partial charge >= 0.3 is 11.9 Å². The largest absolute Gasteiger partial charge is 0.481 e. The molecule has 0 saturated carbocycles. The van der Waals surface area contributed by atoms with E-state index < -0.39 is 5.97 Å². The summed E-state index contributed by atoms with van der Waals surface area (Å²) in [5.74, 6) is -0.663. The lowest BCUT2D eigenvalue weighted by molar-refractivity contribution is -0.150. The minimum atomic E-state index is -0.685. The second-order valence-corrected chi connectivity index (χ2v) is 12.1. The van der Waals surface area contributed by atoms with Crippen LogP contribution < -0.4 is 0 Å². The van der Waals surface area contributed by atoms with Crippen LogP contribution in [-0.2, 0) is 14.3 Å². The highest BCUT2D eigenvalue weighted by atomic mass is 16.5.